The molecular formula is C10H14F2N2O2S. The standard InChI is InChI=1S/C10H14F2N2O2S/c1-2-13-3-4-14-17(15,16)10-6-8(11)5-9(12)7-10/h5-7,13-14H,2-4H2,1H3. The summed E-state index contributed by atoms with van der Waals surface area (Å²) >= 11 is 0. The maximum Gasteiger partial charge on any atom is 0.240 e. The smallest absolute Gasteiger partial charge is 0.240 e. The highest BCUT2D eigenvalue weighted by molar-refractivity contribution is 7.89. The lowest BCUT2D eigenvalue weighted by Gasteiger charge is -2.07. The van der Waals surface area contributed by atoms with Gasteiger partial charge in [0.15, 0.2) is 0 Å². The second-order valence-corrected chi connectivity index (χ2v) is 5.12. The average Bonchev–Trinajstić information content (AvgIpc) is 2.23. The molecule has 0 heterocycles. The van der Waals surface area contributed by atoms with E-state index in [9.17, 15) is 17.2 Å². The Labute approximate surface area is 99.1 Å². The van der Waals surface area contributed by atoms with Gasteiger partial charge in [-0.15, -0.1) is 0 Å². The third kappa shape index (κ3) is 4.37. The lowest BCUT2D eigenvalue weighted by molar-refractivity contribution is 0.559. The quantitative estimate of drug-likeness (QED) is 0.749. The Morgan fingerprint density at radius 3 is 2.24 bits per heavy atom. The van der Waals surface area contributed by atoms with Gasteiger partial charge in [0.2, 0.25) is 10.0 Å². The van der Waals surface area contributed by atoms with E-state index in [1.807, 2.05) is 6.92 Å². The van der Waals surface area contributed by atoms with Gasteiger partial charge in [0.05, 0.1) is 4.90 Å². The molecule has 0 aromatic heterocycles. The largest absolute Gasteiger partial charge is 0.316 e. The van der Waals surface area contributed by atoms with Crippen molar-refractivity contribution in [3.8, 4) is 0 Å². The first kappa shape index (κ1) is 14.0. The van der Waals surface area contributed by atoms with Crippen molar-refractivity contribution in [2.45, 2.75) is 11.8 Å². The minimum absolute atomic E-state index is 0.161. The minimum Gasteiger partial charge on any atom is -0.316 e. The zero-order valence-electron chi connectivity index (χ0n) is 9.33. The van der Waals surface area contributed by atoms with Crippen LogP contribution in [-0.4, -0.2) is 28.1 Å². The second kappa shape index (κ2) is 6.04. The van der Waals surface area contributed by atoms with E-state index in [2.05, 4.69) is 10.0 Å². The van der Waals surface area contributed by atoms with Gasteiger partial charge in [0.25, 0.3) is 0 Å². The van der Waals surface area contributed by atoms with Gasteiger partial charge in [0, 0.05) is 19.2 Å². The van der Waals surface area contributed by atoms with Gasteiger partial charge in [0.1, 0.15) is 11.6 Å². The van der Waals surface area contributed by atoms with Crippen LogP contribution in [0, 0.1) is 11.6 Å². The molecule has 0 spiro atoms. The van der Waals surface area contributed by atoms with Gasteiger partial charge in [-0.1, -0.05) is 6.92 Å². The number of sulfonamides is 1. The molecule has 0 atom stereocenters. The predicted octanol–water partition coefficient (Wildman–Crippen LogP) is 0.853. The summed E-state index contributed by atoms with van der Waals surface area (Å²) in [5.74, 6) is -1.84. The van der Waals surface area contributed by atoms with Gasteiger partial charge in [-0.2, -0.15) is 0 Å². The first-order chi connectivity index (χ1) is 7.95. The molecular weight excluding hydrogens is 250 g/mol. The summed E-state index contributed by atoms with van der Waals surface area (Å²) in [5, 5.41) is 2.92. The summed E-state index contributed by atoms with van der Waals surface area (Å²) < 4.78 is 51.2. The lowest BCUT2D eigenvalue weighted by atomic mass is 10.3. The summed E-state index contributed by atoms with van der Waals surface area (Å²) in [4.78, 5) is -0.411. The van der Waals surface area contributed by atoms with E-state index < -0.39 is 26.6 Å². The molecule has 0 saturated heterocycles. The topological polar surface area (TPSA) is 58.2 Å². The van der Waals surface area contributed by atoms with E-state index in [0.29, 0.717) is 12.6 Å². The van der Waals surface area contributed by atoms with Crippen LogP contribution in [-0.2, 0) is 10.0 Å². The van der Waals surface area contributed by atoms with Crippen LogP contribution >= 0.6 is 0 Å². The van der Waals surface area contributed by atoms with Gasteiger partial charge < -0.3 is 5.32 Å². The highest BCUT2D eigenvalue weighted by atomic mass is 32.2. The second-order valence-electron chi connectivity index (χ2n) is 3.36. The Kier molecular flexibility index (Phi) is 4.98. The van der Waals surface area contributed by atoms with Crippen LogP contribution in [0.3, 0.4) is 0 Å². The third-order valence-corrected chi connectivity index (χ3v) is 3.43. The van der Waals surface area contributed by atoms with Gasteiger partial charge in [-0.25, -0.2) is 21.9 Å². The molecule has 0 aliphatic rings. The molecule has 7 heteroatoms. The van der Waals surface area contributed by atoms with Crippen molar-refractivity contribution in [2.24, 2.45) is 0 Å². The van der Waals surface area contributed by atoms with Crippen molar-refractivity contribution < 1.29 is 17.2 Å². The van der Waals surface area contributed by atoms with E-state index in [-0.39, 0.29) is 6.54 Å². The van der Waals surface area contributed by atoms with Crippen LogP contribution in [0.4, 0.5) is 8.78 Å². The molecule has 0 bridgehead atoms. The van der Waals surface area contributed by atoms with Crippen LogP contribution in [0.2, 0.25) is 0 Å². The molecule has 17 heavy (non-hydrogen) atoms. The fraction of sp³-hybridized carbons (Fsp3) is 0.400. The Balaban J connectivity index is 2.75. The first-order valence-electron chi connectivity index (χ1n) is 5.12. The van der Waals surface area contributed by atoms with Crippen molar-refractivity contribution in [3.05, 3.63) is 29.8 Å². The number of hydrogen-bond donors (Lipinski definition) is 2. The van der Waals surface area contributed by atoms with Crippen molar-refractivity contribution >= 4 is 10.0 Å². The number of nitrogens with one attached hydrogen (secondary N) is 2. The molecule has 0 radical (unpaired) electrons. The average molecular weight is 264 g/mol. The molecule has 0 amide bonds. The van der Waals surface area contributed by atoms with Gasteiger partial charge in [-0.05, 0) is 18.7 Å². The van der Waals surface area contributed by atoms with E-state index >= 15 is 0 Å². The Bertz CT molecular complexity index is 457. The summed E-state index contributed by atoms with van der Waals surface area (Å²) in [6.07, 6.45) is 0. The molecule has 0 aliphatic carbocycles. The van der Waals surface area contributed by atoms with Crippen LogP contribution < -0.4 is 10.0 Å². The Hall–Kier alpha value is -1.05. The molecule has 2 N–H and O–H groups in total. The van der Waals surface area contributed by atoms with Crippen molar-refractivity contribution in [3.63, 3.8) is 0 Å². The summed E-state index contributed by atoms with van der Waals surface area (Å²) in [6.45, 7) is 3.22. The molecule has 1 rings (SSSR count). The molecule has 96 valence electrons. The highest BCUT2D eigenvalue weighted by Gasteiger charge is 2.15. The Morgan fingerprint density at radius 2 is 1.71 bits per heavy atom. The van der Waals surface area contributed by atoms with E-state index in [1.165, 1.54) is 0 Å². The summed E-state index contributed by atoms with van der Waals surface area (Å²) in [6, 6.07) is 2.18. The normalized spacial score (nSPS) is 11.7. The molecule has 0 unspecified atom stereocenters. The number of hydrogen-bond acceptors (Lipinski definition) is 3. The molecule has 0 fully saturated rings. The van der Waals surface area contributed by atoms with Crippen LogP contribution in [0.1, 0.15) is 6.92 Å². The van der Waals surface area contributed by atoms with Crippen LogP contribution in [0.25, 0.3) is 0 Å². The fourth-order valence-corrected chi connectivity index (χ4v) is 2.29. The van der Waals surface area contributed by atoms with E-state index in [1.54, 1.807) is 0 Å². The lowest BCUT2D eigenvalue weighted by Crippen LogP contribution is -2.31. The van der Waals surface area contributed by atoms with E-state index in [0.717, 1.165) is 18.7 Å². The number of benzene rings is 1. The third-order valence-electron chi connectivity index (χ3n) is 1.99. The number of rotatable bonds is 6. The molecule has 4 nitrogen and oxygen atoms in total. The molecule has 0 aliphatic heterocycles. The van der Waals surface area contributed by atoms with E-state index in [4.69, 9.17) is 0 Å². The number of likely N-dealkylation sites (N-methyl/N-ethyl adjacent to an activating group) is 1. The highest BCUT2D eigenvalue weighted by Crippen LogP contribution is 2.12. The van der Waals surface area contributed by atoms with Crippen LogP contribution in [0.5, 0.6) is 0 Å². The molecule has 0 saturated carbocycles. The SMILES string of the molecule is CCNCCNS(=O)(=O)c1cc(F)cc(F)c1. The predicted molar refractivity (Wildman–Crippen MR) is 60.1 cm³/mol. The monoisotopic (exact) mass is 264 g/mol. The van der Waals surface area contributed by atoms with Crippen LogP contribution in [0.15, 0.2) is 23.1 Å². The minimum atomic E-state index is -3.86. The fourth-order valence-electron chi connectivity index (χ4n) is 1.22. The van der Waals surface area contributed by atoms with Gasteiger partial charge in [-0.3, -0.25) is 0 Å². The maximum atomic E-state index is 12.9. The number of halogens is 2. The van der Waals surface area contributed by atoms with Crippen molar-refractivity contribution in [2.75, 3.05) is 19.6 Å². The molecule has 1 aromatic rings. The zero-order chi connectivity index (χ0) is 12.9. The summed E-state index contributed by atoms with van der Waals surface area (Å²) in [5.41, 5.74) is 0. The maximum absolute atomic E-state index is 12.9. The summed E-state index contributed by atoms with van der Waals surface area (Å²) in [7, 11) is -3.86. The first-order valence-corrected chi connectivity index (χ1v) is 6.60. The van der Waals surface area contributed by atoms with Crippen molar-refractivity contribution in [1.82, 2.24) is 10.0 Å². The Morgan fingerprint density at radius 1 is 1.12 bits per heavy atom. The molecule has 1 aromatic carbocycles. The van der Waals surface area contributed by atoms with Crippen molar-refractivity contribution in [1.29, 1.82) is 0 Å². The zero-order valence-corrected chi connectivity index (χ0v) is 10.2. The van der Waals surface area contributed by atoms with Gasteiger partial charge >= 0.3 is 0 Å².